The third-order valence-corrected chi connectivity index (χ3v) is 4.09. The van der Waals surface area contributed by atoms with Crippen LogP contribution in [-0.2, 0) is 16.0 Å². The van der Waals surface area contributed by atoms with Gasteiger partial charge in [-0.2, -0.15) is 11.3 Å². The molecule has 0 aliphatic rings. The van der Waals surface area contributed by atoms with Crippen LogP contribution in [0.25, 0.3) is 11.5 Å². The standard InChI is InChI=1S/C16H20N2O4S/c1-9-11(17-14(22-9)10-5-6-23-8-10)7-12(19)18-13(15(20)21)16(2,3)4/h5-6,8,13H,7H2,1-4H3,(H,18,19)(H,20,21). The number of carboxylic acid groups (broad SMARTS) is 1. The molecule has 2 aromatic rings. The Labute approximate surface area is 138 Å². The average molecular weight is 336 g/mol. The summed E-state index contributed by atoms with van der Waals surface area (Å²) in [5.74, 6) is -0.413. The fourth-order valence-electron chi connectivity index (χ4n) is 2.11. The van der Waals surface area contributed by atoms with Crippen LogP contribution >= 0.6 is 11.3 Å². The van der Waals surface area contributed by atoms with Crippen molar-refractivity contribution in [2.24, 2.45) is 5.41 Å². The van der Waals surface area contributed by atoms with E-state index in [-0.39, 0.29) is 12.3 Å². The summed E-state index contributed by atoms with van der Waals surface area (Å²) >= 11 is 1.53. The van der Waals surface area contributed by atoms with Crippen molar-refractivity contribution in [3.8, 4) is 11.5 Å². The lowest BCUT2D eigenvalue weighted by molar-refractivity contribution is -0.144. The van der Waals surface area contributed by atoms with Crippen molar-refractivity contribution in [3.63, 3.8) is 0 Å². The number of oxazole rings is 1. The van der Waals surface area contributed by atoms with E-state index in [0.29, 0.717) is 17.3 Å². The van der Waals surface area contributed by atoms with Gasteiger partial charge >= 0.3 is 5.97 Å². The van der Waals surface area contributed by atoms with Crippen molar-refractivity contribution in [2.75, 3.05) is 0 Å². The lowest BCUT2D eigenvalue weighted by Gasteiger charge is -2.27. The van der Waals surface area contributed by atoms with Gasteiger partial charge in [0.2, 0.25) is 11.8 Å². The second-order valence-electron chi connectivity index (χ2n) is 6.42. The van der Waals surface area contributed by atoms with E-state index in [2.05, 4.69) is 10.3 Å². The maximum atomic E-state index is 12.2. The maximum Gasteiger partial charge on any atom is 0.326 e. The first-order valence-corrected chi connectivity index (χ1v) is 8.14. The third-order valence-electron chi connectivity index (χ3n) is 3.41. The van der Waals surface area contributed by atoms with E-state index in [1.54, 1.807) is 27.7 Å². The number of rotatable bonds is 5. The minimum absolute atomic E-state index is 0.0146. The monoisotopic (exact) mass is 336 g/mol. The smallest absolute Gasteiger partial charge is 0.326 e. The number of carbonyl (C=O) groups excluding carboxylic acids is 1. The van der Waals surface area contributed by atoms with Crippen LogP contribution in [0.4, 0.5) is 0 Å². The highest BCUT2D eigenvalue weighted by Gasteiger charge is 2.32. The van der Waals surface area contributed by atoms with Gasteiger partial charge in [-0.05, 0) is 23.8 Å². The van der Waals surface area contributed by atoms with Gasteiger partial charge in [-0.15, -0.1) is 0 Å². The number of nitrogens with one attached hydrogen (secondary N) is 1. The van der Waals surface area contributed by atoms with Gasteiger partial charge in [0, 0.05) is 10.9 Å². The van der Waals surface area contributed by atoms with Gasteiger partial charge in [0.05, 0.1) is 12.1 Å². The van der Waals surface area contributed by atoms with Crippen LogP contribution in [0.5, 0.6) is 0 Å². The highest BCUT2D eigenvalue weighted by Crippen LogP contribution is 2.24. The molecular formula is C16H20N2O4S. The van der Waals surface area contributed by atoms with Crippen LogP contribution < -0.4 is 5.32 Å². The molecule has 0 saturated carbocycles. The lowest BCUT2D eigenvalue weighted by atomic mass is 9.86. The van der Waals surface area contributed by atoms with E-state index >= 15 is 0 Å². The summed E-state index contributed by atoms with van der Waals surface area (Å²) < 4.78 is 5.58. The van der Waals surface area contributed by atoms with E-state index in [1.165, 1.54) is 11.3 Å². The predicted octanol–water partition coefficient (Wildman–Crippen LogP) is 2.87. The number of nitrogens with zero attached hydrogens (tertiary/aromatic N) is 1. The fourth-order valence-corrected chi connectivity index (χ4v) is 2.74. The Morgan fingerprint density at radius 3 is 2.65 bits per heavy atom. The van der Waals surface area contributed by atoms with Crippen LogP contribution in [0.2, 0.25) is 0 Å². The van der Waals surface area contributed by atoms with Crippen LogP contribution in [0.3, 0.4) is 0 Å². The number of carboxylic acids is 1. The summed E-state index contributed by atoms with van der Waals surface area (Å²) in [4.78, 5) is 27.8. The molecule has 0 fully saturated rings. The van der Waals surface area contributed by atoms with Gasteiger partial charge in [0.15, 0.2) is 0 Å². The van der Waals surface area contributed by atoms with E-state index in [9.17, 15) is 14.7 Å². The SMILES string of the molecule is Cc1oc(-c2ccsc2)nc1CC(=O)NC(C(=O)O)C(C)(C)C. The largest absolute Gasteiger partial charge is 0.480 e. The van der Waals surface area contributed by atoms with Crippen molar-refractivity contribution >= 4 is 23.2 Å². The first-order chi connectivity index (χ1) is 10.7. The molecule has 0 spiro atoms. The summed E-state index contributed by atoms with van der Waals surface area (Å²) in [6.45, 7) is 7.04. The molecule has 0 bridgehead atoms. The predicted molar refractivity (Wildman–Crippen MR) is 87.3 cm³/mol. The molecule has 0 saturated heterocycles. The zero-order valence-electron chi connectivity index (χ0n) is 13.5. The summed E-state index contributed by atoms with van der Waals surface area (Å²) in [5, 5.41) is 15.6. The van der Waals surface area contributed by atoms with Gasteiger partial charge in [-0.3, -0.25) is 4.79 Å². The zero-order chi connectivity index (χ0) is 17.2. The number of amides is 1. The van der Waals surface area contributed by atoms with Crippen LogP contribution in [0.1, 0.15) is 32.2 Å². The number of hydrogen-bond donors (Lipinski definition) is 2. The van der Waals surface area contributed by atoms with Gasteiger partial charge in [0.1, 0.15) is 11.8 Å². The number of aliphatic carboxylic acids is 1. The van der Waals surface area contributed by atoms with Crippen molar-refractivity contribution in [2.45, 2.75) is 40.2 Å². The average Bonchev–Trinajstić information content (AvgIpc) is 3.05. The van der Waals surface area contributed by atoms with Crippen molar-refractivity contribution in [1.29, 1.82) is 0 Å². The molecule has 0 aliphatic carbocycles. The number of aromatic nitrogens is 1. The summed E-state index contributed by atoms with van der Waals surface area (Å²) in [6.07, 6.45) is -0.0146. The molecule has 0 radical (unpaired) electrons. The molecule has 2 rings (SSSR count). The fraction of sp³-hybridized carbons (Fsp3) is 0.438. The highest BCUT2D eigenvalue weighted by molar-refractivity contribution is 7.08. The number of aryl methyl sites for hydroxylation is 1. The normalized spacial score (nSPS) is 12.9. The van der Waals surface area contributed by atoms with Crippen LogP contribution in [0.15, 0.2) is 21.2 Å². The Morgan fingerprint density at radius 2 is 2.13 bits per heavy atom. The van der Waals surface area contributed by atoms with Crippen molar-refractivity contribution in [1.82, 2.24) is 10.3 Å². The van der Waals surface area contributed by atoms with Gasteiger partial charge in [0.25, 0.3) is 0 Å². The highest BCUT2D eigenvalue weighted by atomic mass is 32.1. The van der Waals surface area contributed by atoms with Crippen LogP contribution in [0, 0.1) is 12.3 Å². The number of carbonyl (C=O) groups is 2. The first-order valence-electron chi connectivity index (χ1n) is 7.19. The molecule has 6 nitrogen and oxygen atoms in total. The molecule has 1 unspecified atom stereocenters. The van der Waals surface area contributed by atoms with E-state index < -0.39 is 17.4 Å². The Hall–Kier alpha value is -2.15. The molecule has 124 valence electrons. The topological polar surface area (TPSA) is 92.4 Å². The molecule has 23 heavy (non-hydrogen) atoms. The van der Waals surface area contributed by atoms with E-state index in [1.807, 2.05) is 16.8 Å². The zero-order valence-corrected chi connectivity index (χ0v) is 14.4. The number of thiophene rings is 1. The first kappa shape index (κ1) is 17.2. The summed E-state index contributed by atoms with van der Waals surface area (Å²) in [6, 6.07) is 0.929. The Morgan fingerprint density at radius 1 is 1.43 bits per heavy atom. The minimum Gasteiger partial charge on any atom is -0.480 e. The molecular weight excluding hydrogens is 316 g/mol. The van der Waals surface area contributed by atoms with Gasteiger partial charge < -0.3 is 14.8 Å². The molecule has 2 aromatic heterocycles. The molecule has 1 amide bonds. The van der Waals surface area contributed by atoms with Gasteiger partial charge in [-0.25, -0.2) is 9.78 Å². The minimum atomic E-state index is -1.05. The molecule has 2 heterocycles. The molecule has 2 N–H and O–H groups in total. The quantitative estimate of drug-likeness (QED) is 0.876. The second kappa shape index (κ2) is 6.54. The maximum absolute atomic E-state index is 12.2. The number of hydrogen-bond acceptors (Lipinski definition) is 5. The second-order valence-corrected chi connectivity index (χ2v) is 7.20. The van der Waals surface area contributed by atoms with Crippen LogP contribution in [-0.4, -0.2) is 28.0 Å². The molecule has 0 aliphatic heterocycles. The van der Waals surface area contributed by atoms with E-state index in [0.717, 1.165) is 5.56 Å². The van der Waals surface area contributed by atoms with E-state index in [4.69, 9.17) is 4.42 Å². The Kier molecular flexibility index (Phi) is 4.89. The third kappa shape index (κ3) is 4.19. The van der Waals surface area contributed by atoms with Crippen molar-refractivity contribution in [3.05, 3.63) is 28.3 Å². The van der Waals surface area contributed by atoms with Gasteiger partial charge in [-0.1, -0.05) is 20.8 Å². The molecule has 0 aromatic carbocycles. The lowest BCUT2D eigenvalue weighted by Crippen LogP contribution is -2.49. The Bertz CT molecular complexity index is 698. The van der Waals surface area contributed by atoms with Crippen molar-refractivity contribution < 1.29 is 19.1 Å². The summed E-state index contributed by atoms with van der Waals surface area (Å²) in [5.41, 5.74) is 0.798. The Balaban J connectivity index is 2.10. The summed E-state index contributed by atoms with van der Waals surface area (Å²) in [7, 11) is 0. The molecule has 1 atom stereocenters. The molecule has 7 heteroatoms.